The molecule has 1 aromatic rings. The van der Waals surface area contributed by atoms with Gasteiger partial charge in [0.2, 0.25) is 0 Å². The highest BCUT2D eigenvalue weighted by Crippen LogP contribution is 1.98. The molecule has 0 radical (unpaired) electrons. The number of pyridine rings is 1. The zero-order valence-corrected chi connectivity index (χ0v) is 6.97. The summed E-state index contributed by atoms with van der Waals surface area (Å²) in [6.45, 7) is 0. The average Bonchev–Trinajstić information content (AvgIpc) is 2.04. The Hall–Kier alpha value is -1.91. The number of carbonyl (C=O) groups is 1. The maximum absolute atomic E-state index is 11.1. The van der Waals surface area contributed by atoms with Crippen molar-refractivity contribution in [3.63, 3.8) is 0 Å². The van der Waals surface area contributed by atoms with Crippen molar-refractivity contribution in [2.45, 2.75) is 6.42 Å². The van der Waals surface area contributed by atoms with Crippen LogP contribution in [-0.2, 0) is 11.2 Å². The number of hydrogen-bond acceptors (Lipinski definition) is 2. The molecule has 1 rings (SSSR count). The molecule has 0 aromatic carbocycles. The van der Waals surface area contributed by atoms with Gasteiger partial charge >= 0.3 is 0 Å². The second kappa shape index (κ2) is 4.20. The Morgan fingerprint density at radius 2 is 2.00 bits per heavy atom. The third-order valence-corrected chi connectivity index (χ3v) is 1.36. The minimum Gasteiger partial charge on any atom is -0.370 e. The third kappa shape index (κ3) is 3.33. The molecule has 13 heavy (non-hydrogen) atoms. The molecule has 68 valence electrons. The van der Waals surface area contributed by atoms with Crippen molar-refractivity contribution < 1.29 is 4.79 Å². The molecule has 0 saturated heterocycles. The van der Waals surface area contributed by atoms with Gasteiger partial charge < -0.3 is 11.5 Å². The number of rotatable bonds is 2. The summed E-state index contributed by atoms with van der Waals surface area (Å²) < 4.78 is 0. The van der Waals surface area contributed by atoms with Crippen molar-refractivity contribution in [3.8, 4) is 0 Å². The molecular weight excluding hydrogens is 168 g/mol. The molecule has 5 heteroatoms. The first-order valence-electron chi connectivity index (χ1n) is 3.70. The monoisotopic (exact) mass is 178 g/mol. The number of nitrogens with zero attached hydrogens (tertiary/aromatic N) is 2. The first-order chi connectivity index (χ1) is 6.18. The van der Waals surface area contributed by atoms with E-state index in [9.17, 15) is 4.79 Å². The van der Waals surface area contributed by atoms with Gasteiger partial charge in [0.1, 0.15) is 0 Å². The van der Waals surface area contributed by atoms with Gasteiger partial charge in [-0.1, -0.05) is 0 Å². The lowest BCUT2D eigenvalue weighted by atomic mass is 10.2. The standard InChI is InChI=1S/C8H10N4O/c9-8(10)12-7(13)5-6-1-3-11-4-2-6/h1-4H,5H2,(H4,9,10,12,13). The largest absolute Gasteiger partial charge is 0.370 e. The van der Waals surface area contributed by atoms with E-state index >= 15 is 0 Å². The third-order valence-electron chi connectivity index (χ3n) is 1.36. The van der Waals surface area contributed by atoms with Crippen molar-refractivity contribution in [1.29, 1.82) is 0 Å². The van der Waals surface area contributed by atoms with Crippen LogP contribution in [0.15, 0.2) is 29.5 Å². The van der Waals surface area contributed by atoms with Crippen LogP contribution in [0.2, 0.25) is 0 Å². The molecular formula is C8H10N4O. The van der Waals surface area contributed by atoms with E-state index in [1.807, 2.05) is 0 Å². The minimum absolute atomic E-state index is 0.195. The van der Waals surface area contributed by atoms with E-state index in [2.05, 4.69) is 9.98 Å². The first-order valence-corrected chi connectivity index (χ1v) is 3.70. The van der Waals surface area contributed by atoms with E-state index < -0.39 is 0 Å². The lowest BCUT2D eigenvalue weighted by molar-refractivity contribution is -0.117. The summed E-state index contributed by atoms with van der Waals surface area (Å²) in [6, 6.07) is 3.47. The maximum Gasteiger partial charge on any atom is 0.253 e. The van der Waals surface area contributed by atoms with E-state index in [-0.39, 0.29) is 18.3 Å². The Morgan fingerprint density at radius 3 is 2.54 bits per heavy atom. The molecule has 1 heterocycles. The highest BCUT2D eigenvalue weighted by molar-refractivity contribution is 5.92. The second-order valence-corrected chi connectivity index (χ2v) is 2.46. The van der Waals surface area contributed by atoms with Crippen LogP contribution in [0.1, 0.15) is 5.56 Å². The van der Waals surface area contributed by atoms with Gasteiger partial charge in [0.25, 0.3) is 5.91 Å². The number of guanidine groups is 1. The van der Waals surface area contributed by atoms with Crippen LogP contribution < -0.4 is 11.5 Å². The average molecular weight is 178 g/mol. The Kier molecular flexibility index (Phi) is 2.97. The van der Waals surface area contributed by atoms with Crippen LogP contribution in [0.4, 0.5) is 0 Å². The van der Waals surface area contributed by atoms with E-state index in [1.54, 1.807) is 24.5 Å². The van der Waals surface area contributed by atoms with E-state index in [0.717, 1.165) is 5.56 Å². The van der Waals surface area contributed by atoms with Gasteiger partial charge in [-0.25, -0.2) is 0 Å². The molecule has 4 N–H and O–H groups in total. The predicted octanol–water partition coefficient (Wildman–Crippen LogP) is -0.576. The van der Waals surface area contributed by atoms with Gasteiger partial charge in [-0.3, -0.25) is 9.78 Å². The number of aromatic nitrogens is 1. The topological polar surface area (TPSA) is 94.4 Å². The number of aliphatic imine (C=N–C) groups is 1. The normalized spacial score (nSPS) is 9.23. The zero-order valence-electron chi connectivity index (χ0n) is 6.97. The second-order valence-electron chi connectivity index (χ2n) is 2.46. The number of carbonyl (C=O) groups excluding carboxylic acids is 1. The summed E-state index contributed by atoms with van der Waals surface area (Å²) in [4.78, 5) is 18.3. The van der Waals surface area contributed by atoms with Crippen LogP contribution in [0.5, 0.6) is 0 Å². The predicted molar refractivity (Wildman–Crippen MR) is 48.8 cm³/mol. The van der Waals surface area contributed by atoms with Crippen LogP contribution >= 0.6 is 0 Å². The number of nitrogens with two attached hydrogens (primary N) is 2. The van der Waals surface area contributed by atoms with Gasteiger partial charge in [0.05, 0.1) is 6.42 Å². The van der Waals surface area contributed by atoms with Crippen molar-refractivity contribution in [2.24, 2.45) is 16.5 Å². The molecule has 0 aliphatic rings. The van der Waals surface area contributed by atoms with E-state index in [0.29, 0.717) is 0 Å². The van der Waals surface area contributed by atoms with E-state index in [1.165, 1.54) is 0 Å². The summed E-state index contributed by atoms with van der Waals surface area (Å²) in [5.41, 5.74) is 10.9. The van der Waals surface area contributed by atoms with Crippen molar-refractivity contribution in [2.75, 3.05) is 0 Å². The highest BCUT2D eigenvalue weighted by Gasteiger charge is 2.00. The first kappa shape index (κ1) is 9.18. The summed E-state index contributed by atoms with van der Waals surface area (Å²) in [5.74, 6) is -0.565. The highest BCUT2D eigenvalue weighted by atomic mass is 16.1. The van der Waals surface area contributed by atoms with Gasteiger partial charge in [-0.05, 0) is 17.7 Å². The maximum atomic E-state index is 11.1. The lowest BCUT2D eigenvalue weighted by Crippen LogP contribution is -2.24. The van der Waals surface area contributed by atoms with Crippen LogP contribution in [0.3, 0.4) is 0 Å². The molecule has 0 fully saturated rings. The fourth-order valence-corrected chi connectivity index (χ4v) is 0.859. The van der Waals surface area contributed by atoms with Crippen molar-refractivity contribution in [3.05, 3.63) is 30.1 Å². The van der Waals surface area contributed by atoms with Crippen molar-refractivity contribution >= 4 is 11.9 Å². The molecule has 0 saturated carbocycles. The Morgan fingerprint density at radius 1 is 1.38 bits per heavy atom. The van der Waals surface area contributed by atoms with Gasteiger partial charge in [0.15, 0.2) is 5.96 Å². The van der Waals surface area contributed by atoms with Gasteiger partial charge in [0, 0.05) is 12.4 Å². The summed E-state index contributed by atoms with van der Waals surface area (Å²) in [6.07, 6.45) is 3.41. The molecule has 0 spiro atoms. The van der Waals surface area contributed by atoms with Crippen LogP contribution in [0, 0.1) is 0 Å². The fraction of sp³-hybridized carbons (Fsp3) is 0.125. The molecule has 0 unspecified atom stereocenters. The molecule has 5 nitrogen and oxygen atoms in total. The van der Waals surface area contributed by atoms with Crippen molar-refractivity contribution in [1.82, 2.24) is 4.98 Å². The molecule has 1 amide bonds. The van der Waals surface area contributed by atoms with Gasteiger partial charge in [-0.2, -0.15) is 4.99 Å². The van der Waals surface area contributed by atoms with E-state index in [4.69, 9.17) is 11.5 Å². The number of amides is 1. The van der Waals surface area contributed by atoms with Crippen LogP contribution in [0.25, 0.3) is 0 Å². The SMILES string of the molecule is NC(N)=NC(=O)Cc1ccncc1. The lowest BCUT2D eigenvalue weighted by Gasteiger charge is -1.95. The van der Waals surface area contributed by atoms with Gasteiger partial charge in [-0.15, -0.1) is 0 Å². The molecule has 0 aliphatic carbocycles. The smallest absolute Gasteiger partial charge is 0.253 e. The van der Waals surface area contributed by atoms with Crippen LogP contribution in [-0.4, -0.2) is 16.9 Å². The molecule has 0 atom stereocenters. The number of hydrogen-bond donors (Lipinski definition) is 2. The Balaban J connectivity index is 2.61. The molecule has 0 bridgehead atoms. The summed E-state index contributed by atoms with van der Waals surface area (Å²) in [7, 11) is 0. The minimum atomic E-state index is -0.355. The Labute approximate surface area is 75.5 Å². The summed E-state index contributed by atoms with van der Waals surface area (Å²) >= 11 is 0. The Bertz CT molecular complexity index is 316. The quantitative estimate of drug-likeness (QED) is 0.468. The zero-order chi connectivity index (χ0) is 9.68. The fourth-order valence-electron chi connectivity index (χ4n) is 0.859. The molecule has 1 aromatic heterocycles. The summed E-state index contributed by atoms with van der Waals surface area (Å²) in [5, 5.41) is 0. The molecule has 0 aliphatic heterocycles.